The van der Waals surface area contributed by atoms with Crippen LogP contribution in [0.3, 0.4) is 0 Å². The lowest BCUT2D eigenvalue weighted by Gasteiger charge is -2.35. The molecular formula is C37H42Br2N12O4. The lowest BCUT2D eigenvalue weighted by molar-refractivity contribution is -0.613. The molecule has 2 fully saturated rings. The molecule has 6 aromatic rings. The van der Waals surface area contributed by atoms with Crippen LogP contribution in [0.1, 0.15) is 56.1 Å². The zero-order valence-electron chi connectivity index (χ0n) is 30.0. The first kappa shape index (κ1) is 37.0. The number of piperidine rings is 1. The average Bonchev–Trinajstić information content (AvgIpc) is 3.77. The van der Waals surface area contributed by atoms with Crippen molar-refractivity contribution < 1.29 is 19.3 Å². The van der Waals surface area contributed by atoms with Crippen LogP contribution in [0.15, 0.2) is 76.3 Å². The van der Waals surface area contributed by atoms with Gasteiger partial charge in [0, 0.05) is 60.9 Å². The predicted octanol–water partition coefficient (Wildman–Crippen LogP) is 5.19. The highest BCUT2D eigenvalue weighted by Crippen LogP contribution is 2.31. The van der Waals surface area contributed by atoms with Crippen LogP contribution in [-0.4, -0.2) is 66.1 Å². The SMILES string of the molecule is [O-][n+]1cccc(CNc2cc(N[C@@H]3CCCC[C@@H]3COc3ccc(CNc4cc(N5CCCCC5CO)nc5c(Br)cnn45)c[n+]3[O-])nc3c(Br)cnn23)c1. The monoisotopic (exact) mass is 876 g/mol. The van der Waals surface area contributed by atoms with Crippen molar-refractivity contribution in [2.24, 2.45) is 5.92 Å². The topological polar surface area (TPSA) is 183 Å². The molecule has 288 valence electrons. The van der Waals surface area contributed by atoms with Gasteiger partial charge in [-0.15, -0.1) is 4.73 Å². The molecule has 1 saturated carbocycles. The van der Waals surface area contributed by atoms with Crippen LogP contribution in [0, 0.1) is 16.3 Å². The molecule has 0 spiro atoms. The van der Waals surface area contributed by atoms with E-state index >= 15 is 0 Å². The third kappa shape index (κ3) is 8.21. The molecule has 3 atom stereocenters. The van der Waals surface area contributed by atoms with Crippen molar-refractivity contribution in [3.8, 4) is 5.88 Å². The fourth-order valence-electron chi connectivity index (χ4n) is 7.52. The van der Waals surface area contributed by atoms with E-state index in [9.17, 15) is 15.5 Å². The summed E-state index contributed by atoms with van der Waals surface area (Å²) in [5, 5.41) is 54.5. The van der Waals surface area contributed by atoms with Crippen molar-refractivity contribution in [3.63, 3.8) is 0 Å². The standard InChI is InChI=1S/C37H42Br2N12O4/c38-28-18-42-50-32(40-16-24-6-5-12-47(53)20-24)14-31(45-36(28)50)44-30-9-2-1-7-26(30)23-55-35-11-10-25(21-49(35)54)17-41-33-15-34(46-37-29(39)19-43-51(33)37)48-13-4-3-8-27(48)22-52/h5-6,10-12,14-15,18-21,26-27,30,40-41,52H,1-4,7-9,13,16-17,22-23H2,(H,44,45)/t26-,27?,30-/m1/s1. The van der Waals surface area contributed by atoms with E-state index in [0.29, 0.717) is 36.8 Å². The fraction of sp³-hybridized carbons (Fsp3) is 0.405. The van der Waals surface area contributed by atoms with E-state index in [1.165, 1.54) is 18.6 Å². The van der Waals surface area contributed by atoms with Gasteiger partial charge in [0.25, 0.3) is 0 Å². The summed E-state index contributed by atoms with van der Waals surface area (Å²) in [6, 6.07) is 11.2. The molecule has 55 heavy (non-hydrogen) atoms. The van der Waals surface area contributed by atoms with E-state index in [2.05, 4.69) is 62.9 Å². The third-order valence-corrected chi connectivity index (χ3v) is 11.5. The largest absolute Gasteiger partial charge is 0.619 e. The first-order valence-electron chi connectivity index (χ1n) is 18.6. The first-order chi connectivity index (χ1) is 26.8. The number of nitrogens with one attached hydrogen (secondary N) is 3. The number of halogens is 2. The van der Waals surface area contributed by atoms with E-state index < -0.39 is 0 Å². The molecule has 1 aliphatic carbocycles. The maximum absolute atomic E-state index is 13.2. The summed E-state index contributed by atoms with van der Waals surface area (Å²) in [7, 11) is 0. The molecular weight excluding hydrogens is 836 g/mol. The van der Waals surface area contributed by atoms with E-state index in [0.717, 1.165) is 98.5 Å². The van der Waals surface area contributed by atoms with Crippen molar-refractivity contribution in [3.05, 3.63) is 97.9 Å². The van der Waals surface area contributed by atoms with Gasteiger partial charge in [0.1, 0.15) is 23.3 Å². The molecule has 4 N–H and O–H groups in total. The summed E-state index contributed by atoms with van der Waals surface area (Å²) in [6.07, 6.45) is 15.0. The van der Waals surface area contributed by atoms with Crippen molar-refractivity contribution >= 4 is 66.4 Å². The number of aromatic nitrogens is 8. The van der Waals surface area contributed by atoms with E-state index in [4.69, 9.17) is 14.7 Å². The van der Waals surface area contributed by atoms with Crippen LogP contribution in [0.2, 0.25) is 0 Å². The van der Waals surface area contributed by atoms with Gasteiger partial charge >= 0.3 is 5.88 Å². The second kappa shape index (κ2) is 16.4. The van der Waals surface area contributed by atoms with E-state index in [1.807, 2.05) is 24.3 Å². The summed E-state index contributed by atoms with van der Waals surface area (Å²) in [4.78, 5) is 11.9. The number of anilines is 4. The van der Waals surface area contributed by atoms with Crippen molar-refractivity contribution in [1.29, 1.82) is 0 Å². The van der Waals surface area contributed by atoms with Gasteiger partial charge in [-0.25, -0.2) is 9.97 Å². The highest BCUT2D eigenvalue weighted by molar-refractivity contribution is 9.11. The molecule has 0 radical (unpaired) electrons. The molecule has 1 aliphatic heterocycles. The van der Waals surface area contributed by atoms with Crippen molar-refractivity contribution in [2.45, 2.75) is 70.1 Å². The summed E-state index contributed by atoms with van der Waals surface area (Å²) >= 11 is 7.15. The van der Waals surface area contributed by atoms with Crippen molar-refractivity contribution in [2.75, 3.05) is 40.6 Å². The third-order valence-electron chi connectivity index (χ3n) is 10.4. The molecule has 0 bridgehead atoms. The van der Waals surface area contributed by atoms with Crippen LogP contribution >= 0.6 is 31.9 Å². The molecule has 2 aliphatic rings. The minimum absolute atomic E-state index is 0.0198. The summed E-state index contributed by atoms with van der Waals surface area (Å²) in [5.74, 6) is 3.32. The Kier molecular flexibility index (Phi) is 11.1. The molecule has 1 unspecified atom stereocenters. The molecule has 0 aromatic carbocycles. The van der Waals surface area contributed by atoms with Crippen LogP contribution in [-0.2, 0) is 13.1 Å². The quantitative estimate of drug-likeness (QED) is 0.0882. The predicted molar refractivity (Wildman–Crippen MR) is 214 cm³/mol. The number of hydrogen-bond acceptors (Lipinski definition) is 12. The average molecular weight is 879 g/mol. The van der Waals surface area contributed by atoms with Gasteiger partial charge in [0.15, 0.2) is 29.9 Å². The normalized spacial score (nSPS) is 18.8. The smallest absolute Gasteiger partial charge is 0.379 e. The van der Waals surface area contributed by atoms with Gasteiger partial charge in [-0.2, -0.15) is 24.0 Å². The summed E-state index contributed by atoms with van der Waals surface area (Å²) < 4.78 is 12.7. The Hall–Kier alpha value is -4.94. The molecule has 6 aromatic heterocycles. The lowest BCUT2D eigenvalue weighted by atomic mass is 9.85. The Bertz CT molecular complexity index is 2290. The second-order valence-corrected chi connectivity index (χ2v) is 15.8. The number of pyridine rings is 2. The van der Waals surface area contributed by atoms with Gasteiger partial charge in [-0.1, -0.05) is 12.8 Å². The number of aliphatic hydroxyl groups excluding tert-OH is 1. The number of nitrogens with zero attached hydrogens (tertiary/aromatic N) is 9. The van der Waals surface area contributed by atoms with Crippen molar-refractivity contribution in [1.82, 2.24) is 29.2 Å². The molecule has 8 rings (SSSR count). The Morgan fingerprint density at radius 2 is 1.56 bits per heavy atom. The number of hydrogen-bond donors (Lipinski definition) is 4. The Balaban J connectivity index is 0.926. The maximum atomic E-state index is 13.2. The summed E-state index contributed by atoms with van der Waals surface area (Å²) in [6.45, 7) is 2.09. The highest BCUT2D eigenvalue weighted by atomic mass is 79.9. The molecule has 16 nitrogen and oxygen atoms in total. The van der Waals surface area contributed by atoms with E-state index in [1.54, 1.807) is 33.6 Å². The van der Waals surface area contributed by atoms with Crippen LogP contribution in [0.5, 0.6) is 5.88 Å². The van der Waals surface area contributed by atoms with Gasteiger partial charge in [0.05, 0.1) is 46.7 Å². The van der Waals surface area contributed by atoms with Gasteiger partial charge < -0.3 is 41.1 Å². The van der Waals surface area contributed by atoms with Gasteiger partial charge in [-0.05, 0) is 76.1 Å². The molecule has 1 saturated heterocycles. The number of ether oxygens (including phenoxy) is 1. The number of rotatable bonds is 13. The molecule has 7 heterocycles. The zero-order valence-corrected chi connectivity index (χ0v) is 33.2. The number of aliphatic hydroxyl groups is 1. The Labute approximate surface area is 334 Å². The maximum Gasteiger partial charge on any atom is 0.379 e. The van der Waals surface area contributed by atoms with Gasteiger partial charge in [-0.3, -0.25) is 0 Å². The Morgan fingerprint density at radius 3 is 2.31 bits per heavy atom. The van der Waals surface area contributed by atoms with E-state index in [-0.39, 0.29) is 30.5 Å². The summed E-state index contributed by atoms with van der Waals surface area (Å²) in [5.41, 5.74) is 2.95. The fourth-order valence-corrected chi connectivity index (χ4v) is 8.22. The van der Waals surface area contributed by atoms with Crippen LogP contribution in [0.25, 0.3) is 11.3 Å². The molecule has 18 heteroatoms. The zero-order chi connectivity index (χ0) is 37.9. The molecule has 0 amide bonds. The Morgan fingerprint density at radius 1 is 0.855 bits per heavy atom. The minimum Gasteiger partial charge on any atom is -0.619 e. The lowest BCUT2D eigenvalue weighted by Crippen LogP contribution is -2.42. The first-order valence-corrected chi connectivity index (χ1v) is 20.1. The van der Waals surface area contributed by atoms with Crippen LogP contribution in [0.4, 0.5) is 23.3 Å². The van der Waals surface area contributed by atoms with Gasteiger partial charge in [0.2, 0.25) is 0 Å². The highest BCUT2D eigenvalue weighted by Gasteiger charge is 2.28. The van der Waals surface area contributed by atoms with Crippen LogP contribution < -0.4 is 35.0 Å². The number of fused-ring (bicyclic) bond motifs is 2. The second-order valence-electron chi connectivity index (χ2n) is 14.1. The minimum atomic E-state index is 0.0198.